The highest BCUT2D eigenvalue weighted by Gasteiger charge is 2.12. The second kappa shape index (κ2) is 6.44. The van der Waals surface area contributed by atoms with E-state index in [1.165, 1.54) is 18.2 Å². The molecule has 0 bridgehead atoms. The molecular formula is C14H9FN2O4S. The van der Waals surface area contributed by atoms with Gasteiger partial charge in [-0.25, -0.2) is 4.39 Å². The van der Waals surface area contributed by atoms with Gasteiger partial charge in [-0.1, -0.05) is 12.1 Å². The molecule has 0 radical (unpaired) electrons. The smallest absolute Gasteiger partial charge is 0.284 e. The summed E-state index contributed by atoms with van der Waals surface area (Å²) in [5, 5.41) is 8.28. The number of rotatable bonds is 6. The Kier molecular flexibility index (Phi) is 4.19. The van der Waals surface area contributed by atoms with Crippen LogP contribution in [0.15, 0.2) is 55.5 Å². The molecule has 0 amide bonds. The summed E-state index contributed by atoms with van der Waals surface area (Å²) in [6.07, 6.45) is 0.603. The molecule has 0 N–H and O–H groups in total. The van der Waals surface area contributed by atoms with Crippen LogP contribution in [-0.4, -0.2) is 16.5 Å². The largest absolute Gasteiger partial charge is 0.481 e. The van der Waals surface area contributed by atoms with E-state index in [-0.39, 0.29) is 29.2 Å². The zero-order valence-corrected chi connectivity index (χ0v) is 11.9. The van der Waals surface area contributed by atoms with E-state index in [1.54, 1.807) is 18.2 Å². The van der Waals surface area contributed by atoms with Gasteiger partial charge in [0.25, 0.3) is 11.1 Å². The molecule has 0 saturated carbocycles. The predicted molar refractivity (Wildman–Crippen MR) is 73.2 cm³/mol. The molecule has 3 aromatic rings. The minimum Gasteiger partial charge on any atom is -0.481 e. The lowest BCUT2D eigenvalue weighted by molar-refractivity contribution is 0.109. The molecular weight excluding hydrogens is 311 g/mol. The zero-order chi connectivity index (χ0) is 15.4. The number of benzene rings is 1. The van der Waals surface area contributed by atoms with E-state index in [0.29, 0.717) is 11.4 Å². The van der Waals surface area contributed by atoms with E-state index in [2.05, 4.69) is 10.2 Å². The molecule has 6 nitrogen and oxygen atoms in total. The Morgan fingerprint density at radius 2 is 2.05 bits per heavy atom. The Hall–Kier alpha value is -2.61. The van der Waals surface area contributed by atoms with Crippen LogP contribution in [0, 0.1) is 5.82 Å². The van der Waals surface area contributed by atoms with Crippen LogP contribution in [-0.2, 0) is 6.61 Å². The molecule has 0 saturated heterocycles. The average Bonchev–Trinajstić information content (AvgIpc) is 3.16. The second-order valence-corrected chi connectivity index (χ2v) is 5.01. The summed E-state index contributed by atoms with van der Waals surface area (Å²) in [5.74, 6) is 0.0585. The third-order valence-corrected chi connectivity index (χ3v) is 3.30. The quantitative estimate of drug-likeness (QED) is 0.644. The van der Waals surface area contributed by atoms with Gasteiger partial charge < -0.3 is 13.6 Å². The summed E-state index contributed by atoms with van der Waals surface area (Å²) >= 11 is 1.07. The number of carbonyl (C=O) groups excluding carboxylic acids is 1. The van der Waals surface area contributed by atoms with Crippen LogP contribution in [0.2, 0.25) is 0 Å². The Labute approximate surface area is 128 Å². The maximum Gasteiger partial charge on any atom is 0.284 e. The molecule has 3 rings (SSSR count). The fourth-order valence-electron chi connectivity index (χ4n) is 1.58. The summed E-state index contributed by atoms with van der Waals surface area (Å²) in [5.41, 5.74) is 0. The number of aromatic nitrogens is 2. The van der Waals surface area contributed by atoms with Gasteiger partial charge in [0, 0.05) is 11.8 Å². The molecule has 0 atom stereocenters. The number of ether oxygens (including phenoxy) is 1. The van der Waals surface area contributed by atoms with Crippen molar-refractivity contribution < 1.29 is 22.8 Å². The van der Waals surface area contributed by atoms with E-state index in [4.69, 9.17) is 13.6 Å². The first-order valence-corrected chi connectivity index (χ1v) is 6.99. The molecule has 0 aliphatic rings. The maximum absolute atomic E-state index is 13.4. The Bertz CT molecular complexity index is 787. The molecule has 0 aliphatic heterocycles. The standard InChI is InChI=1S/C14H9FN2O4S/c15-10-3-1-2-4-11(10)19-8-12-16-17-14(21-12)22-13-6-5-9(7-18)20-13/h1-7H,8H2. The van der Waals surface area contributed by atoms with Crippen LogP contribution < -0.4 is 4.74 Å². The monoisotopic (exact) mass is 320 g/mol. The molecule has 2 heterocycles. The summed E-state index contributed by atoms with van der Waals surface area (Å²) in [4.78, 5) is 10.5. The summed E-state index contributed by atoms with van der Waals surface area (Å²) in [7, 11) is 0. The topological polar surface area (TPSA) is 78.4 Å². The van der Waals surface area contributed by atoms with Crippen LogP contribution >= 0.6 is 11.8 Å². The molecule has 0 unspecified atom stereocenters. The van der Waals surface area contributed by atoms with E-state index in [9.17, 15) is 9.18 Å². The molecule has 0 aliphatic carbocycles. The van der Waals surface area contributed by atoms with Crippen LogP contribution in [0.3, 0.4) is 0 Å². The number of para-hydroxylation sites is 1. The van der Waals surface area contributed by atoms with Gasteiger partial charge in [0.05, 0.1) is 0 Å². The number of carbonyl (C=O) groups is 1. The minimum absolute atomic E-state index is 0.0494. The summed E-state index contributed by atoms with van der Waals surface area (Å²) in [6.45, 7) is -0.0494. The first-order valence-electron chi connectivity index (χ1n) is 6.17. The molecule has 22 heavy (non-hydrogen) atoms. The fraction of sp³-hybridized carbons (Fsp3) is 0.0714. The van der Waals surface area contributed by atoms with Crippen molar-refractivity contribution in [2.24, 2.45) is 0 Å². The predicted octanol–water partition coefficient (Wildman–Crippen LogP) is 3.34. The van der Waals surface area contributed by atoms with Crippen molar-refractivity contribution in [1.29, 1.82) is 0 Å². The number of hydrogen-bond acceptors (Lipinski definition) is 7. The Morgan fingerprint density at radius 1 is 1.18 bits per heavy atom. The molecule has 0 spiro atoms. The van der Waals surface area contributed by atoms with Gasteiger partial charge in [-0.2, -0.15) is 0 Å². The normalized spacial score (nSPS) is 10.6. The lowest BCUT2D eigenvalue weighted by Gasteiger charge is -2.03. The van der Waals surface area contributed by atoms with Crippen molar-refractivity contribution in [2.75, 3.05) is 0 Å². The summed E-state index contributed by atoms with van der Waals surface area (Å²) in [6, 6.07) is 9.19. The van der Waals surface area contributed by atoms with Gasteiger partial charge in [-0.3, -0.25) is 4.79 Å². The number of halogens is 1. The highest BCUT2D eigenvalue weighted by molar-refractivity contribution is 7.99. The highest BCUT2D eigenvalue weighted by Crippen LogP contribution is 2.28. The third-order valence-electron chi connectivity index (χ3n) is 2.54. The first kappa shape index (κ1) is 14.3. The molecule has 0 fully saturated rings. The van der Waals surface area contributed by atoms with Crippen molar-refractivity contribution in [3.8, 4) is 5.75 Å². The highest BCUT2D eigenvalue weighted by atomic mass is 32.2. The average molecular weight is 320 g/mol. The minimum atomic E-state index is -0.464. The van der Waals surface area contributed by atoms with E-state index < -0.39 is 5.82 Å². The lowest BCUT2D eigenvalue weighted by atomic mass is 10.3. The van der Waals surface area contributed by atoms with Crippen LogP contribution in [0.5, 0.6) is 5.75 Å². The Morgan fingerprint density at radius 3 is 2.82 bits per heavy atom. The van der Waals surface area contributed by atoms with Crippen LogP contribution in [0.4, 0.5) is 4.39 Å². The van der Waals surface area contributed by atoms with Crippen LogP contribution in [0.1, 0.15) is 16.4 Å². The van der Waals surface area contributed by atoms with Crippen molar-refractivity contribution in [1.82, 2.24) is 10.2 Å². The van der Waals surface area contributed by atoms with Crippen molar-refractivity contribution >= 4 is 18.0 Å². The van der Waals surface area contributed by atoms with E-state index in [0.717, 1.165) is 11.8 Å². The van der Waals surface area contributed by atoms with Gasteiger partial charge in [0.2, 0.25) is 0 Å². The Balaban J connectivity index is 1.61. The number of aldehydes is 1. The van der Waals surface area contributed by atoms with Crippen LogP contribution in [0.25, 0.3) is 0 Å². The first-order chi connectivity index (χ1) is 10.7. The number of nitrogens with zero attached hydrogens (tertiary/aromatic N) is 2. The van der Waals surface area contributed by atoms with Gasteiger partial charge in [0.15, 0.2) is 35.3 Å². The third kappa shape index (κ3) is 3.34. The van der Waals surface area contributed by atoms with Crippen molar-refractivity contribution in [3.63, 3.8) is 0 Å². The molecule has 112 valence electrons. The SMILES string of the molecule is O=Cc1ccc(Sc2nnc(COc3ccccc3F)o2)o1. The molecule has 8 heteroatoms. The zero-order valence-electron chi connectivity index (χ0n) is 11.1. The van der Waals surface area contributed by atoms with E-state index in [1.807, 2.05) is 0 Å². The van der Waals surface area contributed by atoms with Gasteiger partial charge in [-0.15, -0.1) is 10.2 Å². The molecule has 1 aromatic carbocycles. The van der Waals surface area contributed by atoms with Crippen molar-refractivity contribution in [2.45, 2.75) is 16.9 Å². The maximum atomic E-state index is 13.4. The fourth-order valence-corrected chi connectivity index (χ4v) is 2.24. The number of furan rings is 1. The van der Waals surface area contributed by atoms with Gasteiger partial charge >= 0.3 is 0 Å². The van der Waals surface area contributed by atoms with Gasteiger partial charge in [0.1, 0.15) is 0 Å². The van der Waals surface area contributed by atoms with Crippen molar-refractivity contribution in [3.05, 3.63) is 53.9 Å². The molecule has 2 aromatic heterocycles. The second-order valence-electron chi connectivity index (χ2n) is 4.06. The summed E-state index contributed by atoms with van der Waals surface area (Å²) < 4.78 is 29.2. The number of hydrogen-bond donors (Lipinski definition) is 0. The van der Waals surface area contributed by atoms with E-state index >= 15 is 0 Å². The lowest BCUT2D eigenvalue weighted by Crippen LogP contribution is -1.97. The van der Waals surface area contributed by atoms with Gasteiger partial charge in [-0.05, 0) is 24.3 Å².